The van der Waals surface area contributed by atoms with Gasteiger partial charge in [-0.15, -0.1) is 0 Å². The number of hydrogen-bond donors (Lipinski definition) is 2. The number of nitriles is 1. The molecule has 4 heterocycles. The molecule has 0 saturated carbocycles. The minimum atomic E-state index is -0.624. The number of likely N-dealkylation sites (tertiary alicyclic amines) is 1. The Hall–Kier alpha value is -5.39. The van der Waals surface area contributed by atoms with Crippen molar-refractivity contribution in [1.82, 2.24) is 30.1 Å². The summed E-state index contributed by atoms with van der Waals surface area (Å²) in [5, 5.41) is 13.4. The highest BCUT2D eigenvalue weighted by Crippen LogP contribution is 2.38. The first-order valence-corrected chi connectivity index (χ1v) is 17.5. The van der Waals surface area contributed by atoms with Crippen molar-refractivity contribution < 1.29 is 23.5 Å². The molecule has 0 aromatic heterocycles. The van der Waals surface area contributed by atoms with Gasteiger partial charge in [0.05, 0.1) is 17.9 Å². The second kappa shape index (κ2) is 14.7. The lowest BCUT2D eigenvalue weighted by Crippen LogP contribution is -2.56. The van der Waals surface area contributed by atoms with E-state index in [2.05, 4.69) is 21.4 Å². The number of carbonyl (C=O) groups excluding carboxylic acids is 2. The van der Waals surface area contributed by atoms with Gasteiger partial charge in [0, 0.05) is 56.4 Å². The largest absolute Gasteiger partial charge is 0.457 e. The predicted molar refractivity (Wildman–Crippen MR) is 194 cm³/mol. The minimum Gasteiger partial charge on any atom is -0.457 e. The number of aliphatic imine (C=N–C) groups is 1. The number of hydrogen-bond acceptors (Lipinski definition) is 11. The Kier molecular flexibility index (Phi) is 10.3. The Labute approximate surface area is 304 Å². The SMILES string of the molecule is CC(C)(C)OC(=O)N1CCN(C(C)(C)C=C(C#N)C(=O)N2CCC[C@@H](N3NC(c4ccc(Oc5ccccc5)cc4F)=C4C3=CN=CN4N)C2)CC1. The smallest absolute Gasteiger partial charge is 0.410 e. The molecule has 0 aliphatic carbocycles. The number of nitrogens with one attached hydrogen (secondary N) is 1. The first kappa shape index (κ1) is 36.4. The lowest BCUT2D eigenvalue weighted by Gasteiger charge is -2.43. The number of benzene rings is 2. The van der Waals surface area contributed by atoms with E-state index >= 15 is 4.39 Å². The maximum atomic E-state index is 15.7. The Bertz CT molecular complexity index is 1850. The van der Waals surface area contributed by atoms with E-state index in [1.165, 1.54) is 17.4 Å². The average Bonchev–Trinajstić information content (AvgIpc) is 3.51. The van der Waals surface area contributed by atoms with Crippen LogP contribution in [0.25, 0.3) is 5.70 Å². The number of piperidine rings is 1. The van der Waals surface area contributed by atoms with Crippen LogP contribution < -0.4 is 16.0 Å². The number of ether oxygens (including phenoxy) is 2. The van der Waals surface area contributed by atoms with Crippen molar-refractivity contribution in [3.8, 4) is 17.6 Å². The molecule has 14 heteroatoms. The monoisotopic (exact) mass is 711 g/mol. The maximum absolute atomic E-state index is 15.7. The van der Waals surface area contributed by atoms with Gasteiger partial charge < -0.3 is 19.3 Å². The van der Waals surface area contributed by atoms with E-state index in [1.807, 2.05) is 57.8 Å². The molecule has 13 nitrogen and oxygen atoms in total. The molecule has 4 aliphatic heterocycles. The molecule has 2 aromatic carbocycles. The molecule has 274 valence electrons. The fraction of sp³-hybridized carbons (Fsp3) is 0.421. The molecular formula is C38H46FN9O4. The Morgan fingerprint density at radius 3 is 2.42 bits per heavy atom. The number of hydrazine groups is 2. The van der Waals surface area contributed by atoms with Gasteiger partial charge in [-0.1, -0.05) is 18.2 Å². The second-order valence-corrected chi connectivity index (χ2v) is 14.8. The van der Waals surface area contributed by atoms with Crippen molar-refractivity contribution in [1.29, 1.82) is 5.26 Å². The van der Waals surface area contributed by atoms with E-state index in [4.69, 9.17) is 15.3 Å². The summed E-state index contributed by atoms with van der Waals surface area (Å²) in [6.07, 6.45) is 5.92. The van der Waals surface area contributed by atoms with Gasteiger partial charge in [0.25, 0.3) is 5.91 Å². The molecule has 2 amide bonds. The van der Waals surface area contributed by atoms with Crippen LogP contribution in [0.2, 0.25) is 0 Å². The molecule has 0 spiro atoms. The Morgan fingerprint density at radius 1 is 1.02 bits per heavy atom. The minimum absolute atomic E-state index is 0.0589. The summed E-state index contributed by atoms with van der Waals surface area (Å²) in [4.78, 5) is 36.3. The molecule has 6 rings (SSSR count). The van der Waals surface area contributed by atoms with Crippen molar-refractivity contribution in [2.75, 3.05) is 39.3 Å². The highest BCUT2D eigenvalue weighted by Gasteiger charge is 2.40. The first-order valence-electron chi connectivity index (χ1n) is 17.5. The van der Waals surface area contributed by atoms with Crippen molar-refractivity contribution in [2.24, 2.45) is 10.8 Å². The number of rotatable bonds is 7. The highest BCUT2D eigenvalue weighted by molar-refractivity contribution is 5.97. The molecule has 2 saturated heterocycles. The number of nitrogens with two attached hydrogens (primary N) is 1. The third-order valence-electron chi connectivity index (χ3n) is 9.45. The number of amides is 2. The van der Waals surface area contributed by atoms with Crippen LogP contribution >= 0.6 is 0 Å². The van der Waals surface area contributed by atoms with Gasteiger partial charge in [-0.2, -0.15) is 5.26 Å². The van der Waals surface area contributed by atoms with E-state index < -0.39 is 17.0 Å². The van der Waals surface area contributed by atoms with Gasteiger partial charge in [-0.3, -0.25) is 25.1 Å². The zero-order valence-corrected chi connectivity index (χ0v) is 30.3. The molecule has 52 heavy (non-hydrogen) atoms. The molecular weight excluding hydrogens is 665 g/mol. The van der Waals surface area contributed by atoms with Crippen LogP contribution in [0.4, 0.5) is 9.18 Å². The number of carbonyl (C=O) groups is 2. The molecule has 2 fully saturated rings. The van der Waals surface area contributed by atoms with Crippen LogP contribution in [0.5, 0.6) is 11.5 Å². The number of halogens is 1. The highest BCUT2D eigenvalue weighted by atomic mass is 19.1. The van der Waals surface area contributed by atoms with Crippen LogP contribution in [-0.2, 0) is 9.53 Å². The summed E-state index contributed by atoms with van der Waals surface area (Å²) in [7, 11) is 0. The zero-order chi connectivity index (χ0) is 37.2. The number of para-hydroxylation sites is 1. The average molecular weight is 712 g/mol. The predicted octanol–water partition coefficient (Wildman–Crippen LogP) is 4.94. The van der Waals surface area contributed by atoms with Crippen LogP contribution in [0.3, 0.4) is 0 Å². The summed E-state index contributed by atoms with van der Waals surface area (Å²) >= 11 is 0. The topological polar surface area (TPSA) is 143 Å². The summed E-state index contributed by atoms with van der Waals surface area (Å²) in [5.74, 6) is 6.45. The van der Waals surface area contributed by atoms with E-state index in [1.54, 1.807) is 46.3 Å². The van der Waals surface area contributed by atoms with E-state index in [9.17, 15) is 14.9 Å². The van der Waals surface area contributed by atoms with Crippen LogP contribution in [0, 0.1) is 17.1 Å². The lowest BCUT2D eigenvalue weighted by molar-refractivity contribution is -0.128. The molecule has 0 unspecified atom stereocenters. The summed E-state index contributed by atoms with van der Waals surface area (Å²) in [5.41, 5.74) is 4.16. The van der Waals surface area contributed by atoms with Gasteiger partial charge >= 0.3 is 6.09 Å². The summed E-state index contributed by atoms with van der Waals surface area (Å²) in [6.45, 7) is 12.4. The molecule has 3 N–H and O–H groups in total. The zero-order valence-electron chi connectivity index (χ0n) is 30.3. The first-order chi connectivity index (χ1) is 24.7. The summed E-state index contributed by atoms with van der Waals surface area (Å²) < 4.78 is 27.1. The van der Waals surface area contributed by atoms with Crippen LogP contribution in [0.1, 0.15) is 53.0 Å². The molecule has 0 bridgehead atoms. The normalized spacial score (nSPS) is 19.9. The maximum Gasteiger partial charge on any atom is 0.410 e. The van der Waals surface area contributed by atoms with Gasteiger partial charge in [-0.05, 0) is 77.8 Å². The number of fused-ring (bicyclic) bond motifs is 1. The third kappa shape index (κ3) is 7.90. The van der Waals surface area contributed by atoms with Crippen molar-refractivity contribution >= 4 is 24.0 Å². The van der Waals surface area contributed by atoms with Gasteiger partial charge in [0.2, 0.25) is 0 Å². The molecule has 1 atom stereocenters. The molecule has 0 radical (unpaired) electrons. The van der Waals surface area contributed by atoms with Gasteiger partial charge in [-0.25, -0.2) is 20.0 Å². The molecule has 4 aliphatic rings. The number of nitrogens with zero attached hydrogens (tertiary/aromatic N) is 7. The van der Waals surface area contributed by atoms with E-state index in [-0.39, 0.29) is 23.6 Å². The molecule has 2 aromatic rings. The Morgan fingerprint density at radius 2 is 1.75 bits per heavy atom. The van der Waals surface area contributed by atoms with Gasteiger partial charge in [0.15, 0.2) is 0 Å². The van der Waals surface area contributed by atoms with Crippen LogP contribution in [-0.4, -0.2) is 99.5 Å². The Balaban J connectivity index is 1.15. The van der Waals surface area contributed by atoms with Crippen molar-refractivity contribution in [3.63, 3.8) is 0 Å². The van der Waals surface area contributed by atoms with E-state index in [0.29, 0.717) is 79.8 Å². The van der Waals surface area contributed by atoms with E-state index in [0.717, 1.165) is 6.42 Å². The third-order valence-corrected chi connectivity index (χ3v) is 9.45. The fourth-order valence-corrected chi connectivity index (χ4v) is 6.85. The standard InChI is InChI=1S/C38H46FN9O4/c1-37(2,3)52-36(50)44-16-18-46(19-17-44)38(4,5)21-26(22-40)35(49)45-15-9-10-27(24-45)48-32-23-42-25-47(41)34(32)33(43-48)30-14-13-29(20-31(30)39)51-28-11-7-6-8-12-28/h6-8,11-14,20-21,23,25,27,43H,9-10,15-19,24,41H2,1-5H3/t27-/m1/s1. The lowest BCUT2D eigenvalue weighted by atomic mass is 9.96. The number of piperazine rings is 1. The van der Waals surface area contributed by atoms with Crippen molar-refractivity contribution in [3.05, 3.63) is 89.2 Å². The summed E-state index contributed by atoms with van der Waals surface area (Å²) in [6, 6.07) is 15.8. The van der Waals surface area contributed by atoms with Crippen molar-refractivity contribution in [2.45, 2.75) is 64.6 Å². The fourth-order valence-electron chi connectivity index (χ4n) is 6.85. The second-order valence-electron chi connectivity index (χ2n) is 14.8. The van der Waals surface area contributed by atoms with Gasteiger partial charge in [0.1, 0.15) is 52.3 Å². The quantitative estimate of drug-likeness (QED) is 0.231. The van der Waals surface area contributed by atoms with Crippen LogP contribution in [0.15, 0.2) is 82.8 Å².